The van der Waals surface area contributed by atoms with Crippen LogP contribution in [-0.2, 0) is 6.42 Å². The first-order valence-corrected chi connectivity index (χ1v) is 8.78. The predicted octanol–water partition coefficient (Wildman–Crippen LogP) is 4.72. The largest absolute Gasteiger partial charge is 0.477 e. The zero-order valence-corrected chi connectivity index (χ0v) is 15.7. The van der Waals surface area contributed by atoms with Gasteiger partial charge in [0.15, 0.2) is 18.2 Å². The van der Waals surface area contributed by atoms with Gasteiger partial charge in [0, 0.05) is 11.4 Å². The molecule has 0 saturated heterocycles. The first-order chi connectivity index (χ1) is 14.1. The molecule has 144 valence electrons. The highest BCUT2D eigenvalue weighted by atomic mass is 35.5. The van der Waals surface area contributed by atoms with Crippen LogP contribution in [0.3, 0.4) is 0 Å². The molecule has 0 fully saturated rings. The quantitative estimate of drug-likeness (QED) is 0.582. The van der Waals surface area contributed by atoms with Gasteiger partial charge in [-0.25, -0.2) is 9.37 Å². The maximum absolute atomic E-state index is 14.1. The molecule has 0 spiro atoms. The molecule has 0 bridgehead atoms. The number of halogens is 2. The first-order valence-electron chi connectivity index (χ1n) is 8.41. The summed E-state index contributed by atoms with van der Waals surface area (Å²) in [6.45, 7) is -0.125. The van der Waals surface area contributed by atoms with Crippen LogP contribution in [0.4, 0.5) is 27.5 Å². The van der Waals surface area contributed by atoms with E-state index < -0.39 is 5.82 Å². The van der Waals surface area contributed by atoms with E-state index in [1.807, 2.05) is 18.2 Å². The zero-order valence-electron chi connectivity index (χ0n) is 15.0. The Morgan fingerprint density at radius 3 is 2.48 bits per heavy atom. The molecule has 0 amide bonds. The Morgan fingerprint density at radius 1 is 1.03 bits per heavy atom. The van der Waals surface area contributed by atoms with Crippen LogP contribution in [-0.4, -0.2) is 16.6 Å². The second kappa shape index (κ2) is 9.36. The molecule has 9 heteroatoms. The third kappa shape index (κ3) is 5.32. The van der Waals surface area contributed by atoms with Crippen LogP contribution >= 0.6 is 11.6 Å². The average molecular weight is 409 g/mol. The van der Waals surface area contributed by atoms with Crippen molar-refractivity contribution in [1.29, 1.82) is 10.5 Å². The lowest BCUT2D eigenvalue weighted by molar-refractivity contribution is 0.368. The molecule has 3 aromatic rings. The van der Waals surface area contributed by atoms with Crippen LogP contribution < -0.4 is 15.4 Å². The molecular weight excluding hydrogens is 395 g/mol. The normalized spacial score (nSPS) is 9.93. The van der Waals surface area contributed by atoms with Crippen molar-refractivity contribution in [3.63, 3.8) is 0 Å². The molecule has 1 heterocycles. The summed E-state index contributed by atoms with van der Waals surface area (Å²) in [5.74, 6) is -0.127. The molecular formula is C20H14ClFN6O. The molecule has 1 aromatic heterocycles. The van der Waals surface area contributed by atoms with E-state index in [1.54, 1.807) is 24.3 Å². The Balaban J connectivity index is 1.74. The number of nitrogens with one attached hydrogen (secondary N) is 2. The van der Waals surface area contributed by atoms with Crippen molar-refractivity contribution in [2.75, 3.05) is 17.2 Å². The number of hydrogen-bond acceptors (Lipinski definition) is 7. The van der Waals surface area contributed by atoms with E-state index in [0.29, 0.717) is 23.5 Å². The maximum atomic E-state index is 14.1. The number of nitriles is 2. The molecule has 2 aromatic carbocycles. The van der Waals surface area contributed by atoms with Gasteiger partial charge in [-0.15, -0.1) is 0 Å². The highest BCUT2D eigenvalue weighted by Crippen LogP contribution is 2.29. The number of aromatic nitrogens is 2. The second-order valence-electron chi connectivity index (χ2n) is 5.76. The van der Waals surface area contributed by atoms with Crippen LogP contribution in [0.2, 0.25) is 5.02 Å². The lowest BCUT2D eigenvalue weighted by Gasteiger charge is -2.11. The van der Waals surface area contributed by atoms with E-state index in [0.717, 1.165) is 11.8 Å². The van der Waals surface area contributed by atoms with Crippen LogP contribution in [0.5, 0.6) is 5.75 Å². The van der Waals surface area contributed by atoms with E-state index in [4.69, 9.17) is 26.9 Å². The molecule has 3 rings (SSSR count). The number of rotatable bonds is 7. The molecule has 0 saturated carbocycles. The molecule has 0 atom stereocenters. The summed E-state index contributed by atoms with van der Waals surface area (Å²) in [6, 6.07) is 15.9. The minimum atomic E-state index is -0.638. The topological polar surface area (TPSA) is 107 Å². The number of nitrogens with zero attached hydrogens (tertiary/aromatic N) is 4. The molecule has 7 nitrogen and oxygen atoms in total. The Morgan fingerprint density at radius 2 is 1.79 bits per heavy atom. The van der Waals surface area contributed by atoms with Gasteiger partial charge < -0.3 is 15.4 Å². The van der Waals surface area contributed by atoms with Crippen molar-refractivity contribution in [3.05, 3.63) is 65.1 Å². The van der Waals surface area contributed by atoms with E-state index in [1.165, 1.54) is 6.07 Å². The lowest BCUT2D eigenvalue weighted by atomic mass is 10.1. The summed E-state index contributed by atoms with van der Waals surface area (Å²) >= 11 is 6.11. The Bertz CT molecular complexity index is 1090. The highest BCUT2D eigenvalue weighted by molar-refractivity contribution is 6.32. The van der Waals surface area contributed by atoms with E-state index in [-0.39, 0.29) is 23.4 Å². The zero-order chi connectivity index (χ0) is 20.6. The second-order valence-corrected chi connectivity index (χ2v) is 6.17. The summed E-state index contributed by atoms with van der Waals surface area (Å²) in [4.78, 5) is 8.08. The van der Waals surface area contributed by atoms with Gasteiger partial charge in [-0.05, 0) is 35.9 Å². The summed E-state index contributed by atoms with van der Waals surface area (Å²) in [7, 11) is 0. The Labute approximate surface area is 171 Å². The van der Waals surface area contributed by atoms with Gasteiger partial charge in [-0.3, -0.25) is 0 Å². The Hall–Kier alpha value is -3.88. The van der Waals surface area contributed by atoms with Crippen molar-refractivity contribution in [2.45, 2.75) is 6.42 Å². The van der Waals surface area contributed by atoms with Crippen molar-refractivity contribution >= 4 is 34.7 Å². The fourth-order valence-electron chi connectivity index (χ4n) is 2.38. The summed E-state index contributed by atoms with van der Waals surface area (Å²) < 4.78 is 19.3. The summed E-state index contributed by atoms with van der Waals surface area (Å²) in [5.41, 5.74) is 2.08. The number of benzene rings is 2. The monoisotopic (exact) mass is 408 g/mol. The van der Waals surface area contributed by atoms with Crippen molar-refractivity contribution in [2.24, 2.45) is 0 Å². The number of hydrogen-bond donors (Lipinski definition) is 2. The molecule has 0 unspecified atom stereocenters. The standard InChI is InChI=1S/C20H14ClFN6O/c21-16-11-15(5-6-18(16)29-10-9-24)26-19-17(22)12-25-20(28-19)27-14-3-1-13(2-4-14)7-8-23/h1-6,11-12H,7,10H2,(H2,25,26,27,28). The SMILES string of the molecule is N#CCOc1ccc(Nc2nc(Nc3ccc(CC#N)cc3)ncc2F)cc1Cl. The third-order valence-electron chi connectivity index (χ3n) is 3.72. The van der Waals surface area contributed by atoms with Crippen LogP contribution in [0.25, 0.3) is 0 Å². The Kier molecular flexibility index (Phi) is 6.41. The van der Waals surface area contributed by atoms with E-state index in [2.05, 4.69) is 26.7 Å². The van der Waals surface area contributed by atoms with E-state index >= 15 is 0 Å². The molecule has 0 radical (unpaired) electrons. The van der Waals surface area contributed by atoms with Crippen molar-refractivity contribution in [1.82, 2.24) is 9.97 Å². The minimum absolute atomic E-state index is 0.0367. The third-order valence-corrected chi connectivity index (χ3v) is 4.02. The van der Waals surface area contributed by atoms with Crippen molar-refractivity contribution in [3.8, 4) is 17.9 Å². The minimum Gasteiger partial charge on any atom is -0.477 e. The predicted molar refractivity (Wildman–Crippen MR) is 107 cm³/mol. The summed E-state index contributed by atoms with van der Waals surface area (Å²) in [6.07, 6.45) is 1.37. The number of ether oxygens (including phenoxy) is 1. The van der Waals surface area contributed by atoms with Crippen LogP contribution in [0.15, 0.2) is 48.7 Å². The maximum Gasteiger partial charge on any atom is 0.229 e. The molecule has 0 aliphatic heterocycles. The van der Waals surface area contributed by atoms with Crippen LogP contribution in [0.1, 0.15) is 5.56 Å². The van der Waals surface area contributed by atoms with Gasteiger partial charge in [0.25, 0.3) is 0 Å². The van der Waals surface area contributed by atoms with Crippen LogP contribution in [0, 0.1) is 28.5 Å². The fraction of sp³-hybridized carbons (Fsp3) is 0.100. The first kappa shape index (κ1) is 19.9. The smallest absolute Gasteiger partial charge is 0.229 e. The summed E-state index contributed by atoms with van der Waals surface area (Å²) in [5, 5.41) is 23.4. The lowest BCUT2D eigenvalue weighted by Crippen LogP contribution is -2.03. The van der Waals surface area contributed by atoms with Gasteiger partial charge in [-0.2, -0.15) is 15.5 Å². The molecule has 0 aliphatic rings. The van der Waals surface area contributed by atoms with Gasteiger partial charge in [0.2, 0.25) is 5.95 Å². The van der Waals surface area contributed by atoms with Gasteiger partial charge in [-0.1, -0.05) is 23.7 Å². The van der Waals surface area contributed by atoms with Crippen molar-refractivity contribution < 1.29 is 9.13 Å². The van der Waals surface area contributed by atoms with E-state index in [9.17, 15) is 4.39 Å². The molecule has 0 aliphatic carbocycles. The molecule has 29 heavy (non-hydrogen) atoms. The number of anilines is 4. The van der Waals surface area contributed by atoms with Gasteiger partial charge in [0.1, 0.15) is 11.8 Å². The van der Waals surface area contributed by atoms with Gasteiger partial charge in [0.05, 0.1) is 23.7 Å². The highest BCUT2D eigenvalue weighted by Gasteiger charge is 2.10. The van der Waals surface area contributed by atoms with Gasteiger partial charge >= 0.3 is 0 Å². The average Bonchev–Trinajstić information content (AvgIpc) is 2.71. The fourth-order valence-corrected chi connectivity index (χ4v) is 2.62. The molecule has 2 N–H and O–H groups in total.